The van der Waals surface area contributed by atoms with Gasteiger partial charge in [0.05, 0.1) is 0 Å². The number of carbonyl (C=O) groups is 1. The Bertz CT molecular complexity index is 645. The molecule has 0 saturated carbocycles. The van der Waals surface area contributed by atoms with E-state index in [9.17, 15) is 9.90 Å². The molecule has 128 valence electrons. The summed E-state index contributed by atoms with van der Waals surface area (Å²) in [5.41, 5.74) is 1.85. The highest BCUT2D eigenvalue weighted by atomic mass is 16.5. The zero-order chi connectivity index (χ0) is 17.6. The van der Waals surface area contributed by atoms with Crippen molar-refractivity contribution in [2.24, 2.45) is 5.41 Å². The predicted octanol–water partition coefficient (Wildman–Crippen LogP) is 5.19. The van der Waals surface area contributed by atoms with Crippen LogP contribution in [0.3, 0.4) is 0 Å². The molecule has 0 aliphatic carbocycles. The summed E-state index contributed by atoms with van der Waals surface area (Å²) in [6.07, 6.45) is -0.136. The largest absolute Gasteiger partial charge is 0.489 e. The molecule has 0 unspecified atom stereocenters. The van der Waals surface area contributed by atoms with Crippen molar-refractivity contribution < 1.29 is 14.6 Å². The van der Waals surface area contributed by atoms with Gasteiger partial charge in [0, 0.05) is 12.2 Å². The van der Waals surface area contributed by atoms with Crippen LogP contribution in [0.4, 0.5) is 10.5 Å². The van der Waals surface area contributed by atoms with Crippen LogP contribution in [-0.2, 0) is 6.61 Å². The van der Waals surface area contributed by atoms with E-state index in [-0.39, 0.29) is 5.41 Å². The van der Waals surface area contributed by atoms with E-state index in [1.165, 1.54) is 4.90 Å². The first-order valence-corrected chi connectivity index (χ1v) is 8.12. The lowest BCUT2D eigenvalue weighted by atomic mass is 9.92. The predicted molar refractivity (Wildman–Crippen MR) is 96.7 cm³/mol. The maximum Gasteiger partial charge on any atom is 0.411 e. The Balaban J connectivity index is 1.99. The van der Waals surface area contributed by atoms with Crippen molar-refractivity contribution in [3.63, 3.8) is 0 Å². The normalized spacial score (nSPS) is 11.1. The van der Waals surface area contributed by atoms with Gasteiger partial charge in [-0.3, -0.25) is 4.90 Å². The number of ether oxygens (including phenoxy) is 1. The second-order valence-electron chi connectivity index (χ2n) is 7.01. The van der Waals surface area contributed by atoms with Gasteiger partial charge in [-0.15, -0.1) is 0 Å². The first kappa shape index (κ1) is 17.9. The van der Waals surface area contributed by atoms with E-state index < -0.39 is 6.09 Å². The highest BCUT2D eigenvalue weighted by Crippen LogP contribution is 2.24. The molecule has 1 N–H and O–H groups in total. The third-order valence-electron chi connectivity index (χ3n) is 3.71. The average molecular weight is 327 g/mol. The fraction of sp³-hybridized carbons (Fsp3) is 0.350. The summed E-state index contributed by atoms with van der Waals surface area (Å²) in [5, 5.41) is 9.44. The number of benzene rings is 2. The number of carboxylic acid groups (broad SMARTS) is 1. The number of hydrogen-bond acceptors (Lipinski definition) is 2. The molecule has 2 rings (SSSR count). The smallest absolute Gasteiger partial charge is 0.411 e. The molecule has 0 aliphatic rings. The Kier molecular flexibility index (Phi) is 5.85. The standard InChI is InChI=1S/C20H25NO3/c1-20(2,3)13-14-21(19(22)23)17-9-11-18(12-10-17)24-15-16-7-5-4-6-8-16/h4-12H,13-15H2,1-3H3,(H,22,23). The molecule has 0 aliphatic heterocycles. The van der Waals surface area contributed by atoms with Crippen molar-refractivity contribution in [2.75, 3.05) is 11.4 Å². The lowest BCUT2D eigenvalue weighted by molar-refractivity contribution is 0.200. The van der Waals surface area contributed by atoms with Gasteiger partial charge in [0.15, 0.2) is 0 Å². The topological polar surface area (TPSA) is 49.8 Å². The van der Waals surface area contributed by atoms with Gasteiger partial charge in [-0.25, -0.2) is 4.79 Å². The van der Waals surface area contributed by atoms with Crippen LogP contribution in [0.2, 0.25) is 0 Å². The summed E-state index contributed by atoms with van der Waals surface area (Å²) >= 11 is 0. The molecule has 0 spiro atoms. The van der Waals surface area contributed by atoms with Crippen molar-refractivity contribution in [2.45, 2.75) is 33.8 Å². The summed E-state index contributed by atoms with van der Waals surface area (Å²) < 4.78 is 5.74. The zero-order valence-electron chi connectivity index (χ0n) is 14.5. The van der Waals surface area contributed by atoms with Gasteiger partial charge >= 0.3 is 6.09 Å². The van der Waals surface area contributed by atoms with E-state index in [2.05, 4.69) is 20.8 Å². The van der Waals surface area contributed by atoms with Gasteiger partial charge < -0.3 is 9.84 Å². The molecule has 0 aromatic heterocycles. The molecular weight excluding hydrogens is 302 g/mol. The lowest BCUT2D eigenvalue weighted by Crippen LogP contribution is -2.32. The van der Waals surface area contributed by atoms with Crippen LogP contribution >= 0.6 is 0 Å². The fourth-order valence-corrected chi connectivity index (χ4v) is 2.25. The Hall–Kier alpha value is -2.49. The molecule has 0 bridgehead atoms. The van der Waals surface area contributed by atoms with Gasteiger partial charge in [0.2, 0.25) is 0 Å². The van der Waals surface area contributed by atoms with Gasteiger partial charge in [-0.2, -0.15) is 0 Å². The zero-order valence-corrected chi connectivity index (χ0v) is 14.5. The Morgan fingerprint density at radius 1 is 1.04 bits per heavy atom. The molecule has 0 saturated heterocycles. The maximum absolute atomic E-state index is 11.5. The van der Waals surface area contributed by atoms with E-state index in [4.69, 9.17) is 4.74 Å². The summed E-state index contributed by atoms with van der Waals surface area (Å²) in [6.45, 7) is 7.28. The minimum absolute atomic E-state index is 0.0897. The van der Waals surface area contributed by atoms with Gasteiger partial charge in [0.1, 0.15) is 12.4 Å². The molecule has 4 heteroatoms. The molecule has 0 fully saturated rings. The molecular formula is C20H25NO3. The second kappa shape index (κ2) is 7.86. The Morgan fingerprint density at radius 3 is 2.21 bits per heavy atom. The van der Waals surface area contributed by atoms with Gasteiger partial charge in [-0.05, 0) is 41.7 Å². The van der Waals surface area contributed by atoms with E-state index >= 15 is 0 Å². The maximum atomic E-state index is 11.5. The first-order valence-electron chi connectivity index (χ1n) is 8.12. The monoisotopic (exact) mass is 327 g/mol. The number of hydrogen-bond donors (Lipinski definition) is 1. The van der Waals surface area contributed by atoms with Crippen LogP contribution < -0.4 is 9.64 Å². The number of rotatable bonds is 6. The number of amides is 1. The summed E-state index contributed by atoms with van der Waals surface area (Å²) in [4.78, 5) is 12.9. The van der Waals surface area contributed by atoms with E-state index in [1.54, 1.807) is 12.1 Å². The van der Waals surface area contributed by atoms with Crippen LogP contribution in [0.25, 0.3) is 0 Å². The Labute approximate surface area is 143 Å². The number of anilines is 1. The molecule has 2 aromatic rings. The molecule has 1 amide bonds. The van der Waals surface area contributed by atoms with Crippen molar-refractivity contribution in [3.8, 4) is 5.75 Å². The minimum atomic E-state index is -0.933. The van der Waals surface area contributed by atoms with Crippen LogP contribution in [0.1, 0.15) is 32.8 Å². The molecule has 0 atom stereocenters. The van der Waals surface area contributed by atoms with Gasteiger partial charge in [-0.1, -0.05) is 51.1 Å². The number of nitrogens with zero attached hydrogens (tertiary/aromatic N) is 1. The van der Waals surface area contributed by atoms with Crippen LogP contribution in [0.15, 0.2) is 54.6 Å². The van der Waals surface area contributed by atoms with Gasteiger partial charge in [0.25, 0.3) is 0 Å². The fourth-order valence-electron chi connectivity index (χ4n) is 2.25. The average Bonchev–Trinajstić information content (AvgIpc) is 2.54. The van der Waals surface area contributed by atoms with Crippen molar-refractivity contribution in [1.82, 2.24) is 0 Å². The second-order valence-corrected chi connectivity index (χ2v) is 7.01. The van der Waals surface area contributed by atoms with E-state index in [0.717, 1.165) is 17.7 Å². The third kappa shape index (κ3) is 5.61. The van der Waals surface area contributed by atoms with Crippen molar-refractivity contribution in [3.05, 3.63) is 60.2 Å². The highest BCUT2D eigenvalue weighted by Gasteiger charge is 2.18. The molecule has 24 heavy (non-hydrogen) atoms. The third-order valence-corrected chi connectivity index (χ3v) is 3.71. The Morgan fingerprint density at radius 2 is 1.67 bits per heavy atom. The molecule has 2 aromatic carbocycles. The summed E-state index contributed by atoms with van der Waals surface area (Å²) in [7, 11) is 0. The van der Waals surface area contributed by atoms with Crippen molar-refractivity contribution >= 4 is 11.8 Å². The lowest BCUT2D eigenvalue weighted by Gasteiger charge is -2.25. The van der Waals surface area contributed by atoms with Crippen LogP contribution in [0, 0.1) is 5.41 Å². The molecule has 0 heterocycles. The quantitative estimate of drug-likeness (QED) is 0.794. The minimum Gasteiger partial charge on any atom is -0.489 e. The first-order chi connectivity index (χ1) is 11.3. The van der Waals surface area contributed by atoms with Crippen molar-refractivity contribution in [1.29, 1.82) is 0 Å². The molecule has 0 radical (unpaired) electrons. The SMILES string of the molecule is CC(C)(C)CCN(C(=O)O)c1ccc(OCc2ccccc2)cc1. The molecule has 4 nitrogen and oxygen atoms in total. The summed E-state index contributed by atoms with van der Waals surface area (Å²) in [6, 6.07) is 17.1. The van der Waals surface area contributed by atoms with E-state index in [0.29, 0.717) is 18.8 Å². The van der Waals surface area contributed by atoms with Crippen LogP contribution in [-0.4, -0.2) is 17.7 Å². The summed E-state index contributed by atoms with van der Waals surface area (Å²) in [5.74, 6) is 0.726. The van der Waals surface area contributed by atoms with E-state index in [1.807, 2.05) is 42.5 Å². The highest BCUT2D eigenvalue weighted by molar-refractivity contribution is 5.86. The van der Waals surface area contributed by atoms with Crippen LogP contribution in [0.5, 0.6) is 5.75 Å².